The highest BCUT2D eigenvalue weighted by Gasteiger charge is 2.07. The number of nitrogens with zero attached hydrogens (tertiary/aromatic N) is 1. The molecule has 0 heterocycles. The van der Waals surface area contributed by atoms with E-state index in [1.807, 2.05) is 0 Å². The molecule has 0 aromatic heterocycles. The molecular weight excluding hydrogens is 309 g/mol. The summed E-state index contributed by atoms with van der Waals surface area (Å²) in [5.74, 6) is -0.602. The van der Waals surface area contributed by atoms with E-state index in [1.54, 1.807) is 18.2 Å². The molecule has 0 saturated heterocycles. The topological polar surface area (TPSA) is 52.8 Å². The van der Waals surface area contributed by atoms with Crippen molar-refractivity contribution in [2.24, 2.45) is 4.99 Å². The minimum absolute atomic E-state index is 0.288. The van der Waals surface area contributed by atoms with Crippen molar-refractivity contribution >= 4 is 46.7 Å². The van der Waals surface area contributed by atoms with Crippen LogP contribution in [0.25, 0.3) is 0 Å². The van der Waals surface area contributed by atoms with Crippen LogP contribution in [0.15, 0.2) is 35.3 Å². The summed E-state index contributed by atoms with van der Waals surface area (Å²) in [6.45, 7) is 0. The summed E-state index contributed by atoms with van der Waals surface area (Å²) in [4.78, 5) is 4.11. The average Bonchev–Trinajstić information content (AvgIpc) is 2.33. The summed E-state index contributed by atoms with van der Waals surface area (Å²) in [6, 6.07) is 7.57. The molecule has 0 unspecified atom stereocenters. The van der Waals surface area contributed by atoms with Gasteiger partial charge in [0.05, 0.1) is 10.7 Å². The zero-order chi connectivity index (χ0) is 14.0. The van der Waals surface area contributed by atoms with E-state index in [1.165, 1.54) is 18.3 Å². The Kier molecular flexibility index (Phi) is 4.20. The van der Waals surface area contributed by atoms with Gasteiger partial charge < -0.3 is 10.2 Å². The van der Waals surface area contributed by atoms with E-state index < -0.39 is 0 Å². The molecule has 2 N–H and O–H groups in total. The quantitative estimate of drug-likeness (QED) is 0.617. The molecular formula is C13H8Cl3NO2. The molecule has 98 valence electrons. The molecule has 0 aliphatic carbocycles. The van der Waals surface area contributed by atoms with Crippen LogP contribution in [0.1, 0.15) is 5.56 Å². The maximum absolute atomic E-state index is 9.66. The number of rotatable bonds is 2. The van der Waals surface area contributed by atoms with Gasteiger partial charge >= 0.3 is 0 Å². The maximum Gasteiger partial charge on any atom is 0.166 e. The molecule has 2 aromatic carbocycles. The van der Waals surface area contributed by atoms with E-state index in [-0.39, 0.29) is 17.1 Å². The zero-order valence-electron chi connectivity index (χ0n) is 9.44. The lowest BCUT2D eigenvalue weighted by Gasteiger charge is -2.03. The van der Waals surface area contributed by atoms with E-state index >= 15 is 0 Å². The number of aliphatic imine (C=N–C) groups is 1. The smallest absolute Gasteiger partial charge is 0.166 e. The standard InChI is InChI=1S/C13H8Cl3NO2/c14-8-1-2-11(10(16)4-8)17-6-7-3-9(15)5-12(18)13(7)19/h1-6,18-19H. The van der Waals surface area contributed by atoms with Crippen LogP contribution in [0.5, 0.6) is 11.5 Å². The number of aromatic hydroxyl groups is 2. The second kappa shape index (κ2) is 5.70. The monoisotopic (exact) mass is 315 g/mol. The van der Waals surface area contributed by atoms with Gasteiger partial charge in [0.1, 0.15) is 0 Å². The Bertz CT molecular complexity index is 657. The molecule has 0 atom stereocenters. The summed E-state index contributed by atoms with van der Waals surface area (Å²) in [7, 11) is 0. The molecule has 0 fully saturated rings. The summed E-state index contributed by atoms with van der Waals surface area (Å²) in [6.07, 6.45) is 1.36. The SMILES string of the molecule is Oc1cc(Cl)cc(C=Nc2ccc(Cl)cc2Cl)c1O. The second-order valence-electron chi connectivity index (χ2n) is 3.72. The van der Waals surface area contributed by atoms with Crippen LogP contribution < -0.4 is 0 Å². The second-order valence-corrected chi connectivity index (χ2v) is 5.00. The van der Waals surface area contributed by atoms with Crippen molar-refractivity contribution in [2.45, 2.75) is 0 Å². The van der Waals surface area contributed by atoms with Crippen molar-refractivity contribution < 1.29 is 10.2 Å². The van der Waals surface area contributed by atoms with Crippen LogP contribution in [0, 0.1) is 0 Å². The summed E-state index contributed by atoms with van der Waals surface area (Å²) >= 11 is 17.5. The number of benzene rings is 2. The fourth-order valence-electron chi connectivity index (χ4n) is 1.43. The van der Waals surface area contributed by atoms with Crippen LogP contribution in [0.4, 0.5) is 5.69 Å². The average molecular weight is 317 g/mol. The van der Waals surface area contributed by atoms with Gasteiger partial charge in [-0.3, -0.25) is 4.99 Å². The van der Waals surface area contributed by atoms with Crippen molar-refractivity contribution in [2.75, 3.05) is 0 Å². The molecule has 0 saturated carbocycles. The Hall–Kier alpha value is -1.42. The molecule has 3 nitrogen and oxygen atoms in total. The van der Waals surface area contributed by atoms with Crippen LogP contribution in [-0.2, 0) is 0 Å². The van der Waals surface area contributed by atoms with Crippen LogP contribution in [0.3, 0.4) is 0 Å². The zero-order valence-corrected chi connectivity index (χ0v) is 11.7. The lowest BCUT2D eigenvalue weighted by atomic mass is 10.2. The first-order chi connectivity index (χ1) is 8.97. The summed E-state index contributed by atoms with van der Waals surface area (Å²) < 4.78 is 0. The van der Waals surface area contributed by atoms with Gasteiger partial charge in [0.2, 0.25) is 0 Å². The Morgan fingerprint density at radius 3 is 2.37 bits per heavy atom. The lowest BCUT2D eigenvalue weighted by molar-refractivity contribution is 0.403. The number of phenols is 2. The maximum atomic E-state index is 9.66. The Labute approximate surface area is 124 Å². The predicted octanol–water partition coefficient (Wildman–Crippen LogP) is 4.81. The van der Waals surface area contributed by atoms with Gasteiger partial charge in [0.15, 0.2) is 11.5 Å². The van der Waals surface area contributed by atoms with Gasteiger partial charge in [0.25, 0.3) is 0 Å². The van der Waals surface area contributed by atoms with E-state index in [9.17, 15) is 10.2 Å². The van der Waals surface area contributed by atoms with Crippen molar-refractivity contribution in [3.05, 3.63) is 51.0 Å². The minimum atomic E-state index is -0.309. The summed E-state index contributed by atoms with van der Waals surface area (Å²) in [5.41, 5.74) is 0.779. The Morgan fingerprint density at radius 1 is 0.947 bits per heavy atom. The molecule has 6 heteroatoms. The molecule has 0 aliphatic rings. The first-order valence-corrected chi connectivity index (χ1v) is 6.31. The first kappa shape index (κ1) is 14.0. The van der Waals surface area contributed by atoms with E-state index in [0.29, 0.717) is 20.8 Å². The molecule has 19 heavy (non-hydrogen) atoms. The predicted molar refractivity (Wildman–Crippen MR) is 78.5 cm³/mol. The molecule has 2 rings (SSSR count). The van der Waals surface area contributed by atoms with Gasteiger partial charge in [-0.2, -0.15) is 0 Å². The van der Waals surface area contributed by atoms with Gasteiger partial charge in [-0.1, -0.05) is 34.8 Å². The molecule has 0 aliphatic heterocycles. The number of hydrogen-bond acceptors (Lipinski definition) is 3. The third kappa shape index (κ3) is 3.32. The Morgan fingerprint density at radius 2 is 1.68 bits per heavy atom. The number of hydrogen-bond donors (Lipinski definition) is 2. The third-order valence-corrected chi connectivity index (χ3v) is 3.09. The fraction of sp³-hybridized carbons (Fsp3) is 0. The lowest BCUT2D eigenvalue weighted by Crippen LogP contribution is -1.83. The van der Waals surface area contributed by atoms with Crippen molar-refractivity contribution in [1.29, 1.82) is 0 Å². The van der Waals surface area contributed by atoms with Crippen LogP contribution in [-0.4, -0.2) is 16.4 Å². The molecule has 0 bridgehead atoms. The highest BCUT2D eigenvalue weighted by Crippen LogP contribution is 2.32. The van der Waals surface area contributed by atoms with Crippen molar-refractivity contribution in [3.8, 4) is 11.5 Å². The third-order valence-electron chi connectivity index (χ3n) is 2.34. The first-order valence-electron chi connectivity index (χ1n) is 5.18. The highest BCUT2D eigenvalue weighted by atomic mass is 35.5. The fourth-order valence-corrected chi connectivity index (χ4v) is 2.11. The number of phenolic OH excluding ortho intramolecular Hbond substituents is 2. The molecule has 0 amide bonds. The largest absolute Gasteiger partial charge is 0.504 e. The van der Waals surface area contributed by atoms with Crippen molar-refractivity contribution in [1.82, 2.24) is 0 Å². The van der Waals surface area contributed by atoms with E-state index in [0.717, 1.165) is 0 Å². The van der Waals surface area contributed by atoms with E-state index in [4.69, 9.17) is 34.8 Å². The molecule has 0 radical (unpaired) electrons. The minimum Gasteiger partial charge on any atom is -0.504 e. The van der Waals surface area contributed by atoms with Crippen LogP contribution in [0.2, 0.25) is 15.1 Å². The van der Waals surface area contributed by atoms with Crippen molar-refractivity contribution in [3.63, 3.8) is 0 Å². The van der Waals surface area contributed by atoms with Gasteiger partial charge in [-0.15, -0.1) is 0 Å². The normalized spacial score (nSPS) is 11.1. The van der Waals surface area contributed by atoms with E-state index in [2.05, 4.69) is 4.99 Å². The molecule has 0 spiro atoms. The highest BCUT2D eigenvalue weighted by molar-refractivity contribution is 6.36. The van der Waals surface area contributed by atoms with Gasteiger partial charge in [-0.25, -0.2) is 0 Å². The molecule has 2 aromatic rings. The van der Waals surface area contributed by atoms with Gasteiger partial charge in [0, 0.05) is 27.9 Å². The van der Waals surface area contributed by atoms with Gasteiger partial charge in [-0.05, 0) is 24.3 Å². The van der Waals surface area contributed by atoms with Crippen LogP contribution >= 0.6 is 34.8 Å². The summed E-state index contributed by atoms with van der Waals surface area (Å²) in [5, 5.41) is 20.3. The number of halogens is 3. The Balaban J connectivity index is 2.38.